The van der Waals surface area contributed by atoms with E-state index in [-0.39, 0.29) is 24.0 Å². The van der Waals surface area contributed by atoms with Gasteiger partial charge < -0.3 is 19.9 Å². The van der Waals surface area contributed by atoms with Gasteiger partial charge in [-0.3, -0.25) is 5.32 Å². The fraction of sp³-hybridized carbons (Fsp3) is 0.300. The van der Waals surface area contributed by atoms with E-state index in [1.165, 1.54) is 12.3 Å². The second-order valence-corrected chi connectivity index (χ2v) is 6.55. The topological polar surface area (TPSA) is 129 Å². The van der Waals surface area contributed by atoms with Crippen LogP contribution in [-0.2, 0) is 0 Å². The number of hydrogen-bond donors (Lipinski definition) is 3. The fourth-order valence-electron chi connectivity index (χ4n) is 2.61. The molecule has 0 atom stereocenters. The minimum Gasteiger partial charge on any atom is -0.491 e. The number of nitrogens with zero attached hydrogens (tertiary/aromatic N) is 3. The highest BCUT2D eigenvalue weighted by Crippen LogP contribution is 2.32. The molecule has 0 radical (unpaired) electrons. The maximum atomic E-state index is 12.5. The molecule has 2 amide bonds. The Balaban J connectivity index is 1.91. The molecule has 9 nitrogen and oxygen atoms in total. The van der Waals surface area contributed by atoms with Gasteiger partial charge in [0.1, 0.15) is 18.4 Å². The summed E-state index contributed by atoms with van der Waals surface area (Å²) in [4.78, 5) is 20.6. The summed E-state index contributed by atoms with van der Waals surface area (Å²) in [5.74, 6) is 5.87. The molecule has 0 saturated heterocycles. The van der Waals surface area contributed by atoms with E-state index in [2.05, 4.69) is 32.4 Å². The second kappa shape index (κ2) is 10.3. The zero-order valence-corrected chi connectivity index (χ0v) is 16.6. The van der Waals surface area contributed by atoms with Crippen molar-refractivity contribution in [2.24, 2.45) is 0 Å². The summed E-state index contributed by atoms with van der Waals surface area (Å²) < 4.78 is 11.4. The van der Waals surface area contributed by atoms with Gasteiger partial charge in [0.25, 0.3) is 5.88 Å². The smallest absolute Gasteiger partial charge is 0.325 e. The first-order chi connectivity index (χ1) is 14.6. The van der Waals surface area contributed by atoms with Crippen molar-refractivity contribution < 1.29 is 19.4 Å². The van der Waals surface area contributed by atoms with Gasteiger partial charge in [-0.15, -0.1) is 0 Å². The van der Waals surface area contributed by atoms with E-state index in [4.69, 9.17) is 31.4 Å². The minimum atomic E-state index is -0.607. The van der Waals surface area contributed by atoms with Gasteiger partial charge in [-0.2, -0.15) is 10.2 Å². The number of aliphatic hydroxyl groups is 1. The van der Waals surface area contributed by atoms with Crippen LogP contribution in [0.25, 0.3) is 0 Å². The van der Waals surface area contributed by atoms with E-state index in [1.807, 2.05) is 6.07 Å². The Labute approximate surface area is 178 Å². The second-order valence-electron chi connectivity index (χ2n) is 6.15. The molecule has 30 heavy (non-hydrogen) atoms. The van der Waals surface area contributed by atoms with Gasteiger partial charge in [0.15, 0.2) is 5.82 Å². The molecule has 0 saturated carbocycles. The number of carbonyl (C=O) groups is 1. The lowest BCUT2D eigenvalue weighted by molar-refractivity contribution is 0.261. The molecule has 2 heterocycles. The Bertz CT molecular complexity index is 1040. The molecular weight excluding hydrogens is 410 g/mol. The number of aliphatic hydroxyl groups excluding tert-OH is 1. The van der Waals surface area contributed by atoms with Crippen molar-refractivity contribution >= 4 is 29.1 Å². The highest BCUT2D eigenvalue weighted by Gasteiger charge is 2.15. The lowest BCUT2D eigenvalue weighted by Crippen LogP contribution is -2.21. The standard InChI is InChI=1S/C20H18ClN5O4/c21-14-10-15-17(9-13(14)5-4-6-27)29-7-2-1-3-8-30-19-16(11-22)23-12-18(25-19)26-20(28)24-15/h9-10,12,27H,1-3,6-8H2,(H2,24,25,26,28). The maximum absolute atomic E-state index is 12.5. The summed E-state index contributed by atoms with van der Waals surface area (Å²) in [6.45, 7) is 0.457. The van der Waals surface area contributed by atoms with E-state index >= 15 is 0 Å². The van der Waals surface area contributed by atoms with Crippen LogP contribution in [0.5, 0.6) is 11.6 Å². The zero-order chi connectivity index (χ0) is 21.3. The van der Waals surface area contributed by atoms with Gasteiger partial charge >= 0.3 is 6.03 Å². The average Bonchev–Trinajstić information content (AvgIpc) is 2.73. The molecule has 3 N–H and O–H groups in total. The summed E-state index contributed by atoms with van der Waals surface area (Å²) in [7, 11) is 0. The molecule has 0 fully saturated rings. The number of fused-ring (bicyclic) bond motifs is 3. The normalized spacial score (nSPS) is 14.0. The Morgan fingerprint density at radius 3 is 2.77 bits per heavy atom. The molecule has 10 heteroatoms. The number of hydrogen-bond acceptors (Lipinski definition) is 7. The predicted molar refractivity (Wildman–Crippen MR) is 110 cm³/mol. The molecule has 0 unspecified atom stereocenters. The number of anilines is 2. The van der Waals surface area contributed by atoms with Gasteiger partial charge in [-0.25, -0.2) is 9.78 Å². The summed E-state index contributed by atoms with van der Waals surface area (Å²) in [5, 5.41) is 23.6. The number of urea groups is 1. The molecule has 0 spiro atoms. The quantitative estimate of drug-likeness (QED) is 0.551. The van der Waals surface area contributed by atoms with Crippen molar-refractivity contribution in [1.29, 1.82) is 5.26 Å². The largest absolute Gasteiger partial charge is 0.491 e. The summed E-state index contributed by atoms with van der Waals surface area (Å²) in [6.07, 6.45) is 3.55. The molecule has 154 valence electrons. The molecule has 1 aliphatic rings. The number of ether oxygens (including phenoxy) is 2. The molecule has 1 aliphatic heterocycles. The molecule has 2 aromatic rings. The van der Waals surface area contributed by atoms with Crippen LogP contribution >= 0.6 is 11.6 Å². The van der Waals surface area contributed by atoms with Crippen molar-refractivity contribution in [1.82, 2.24) is 9.97 Å². The molecular formula is C20H18ClN5O4. The number of nitriles is 1. The first-order valence-electron chi connectivity index (χ1n) is 9.14. The summed E-state index contributed by atoms with van der Waals surface area (Å²) in [6, 6.07) is 4.44. The highest BCUT2D eigenvalue weighted by molar-refractivity contribution is 6.32. The Morgan fingerprint density at radius 1 is 1.20 bits per heavy atom. The zero-order valence-electron chi connectivity index (χ0n) is 15.9. The number of rotatable bonds is 0. The van der Waals surface area contributed by atoms with Crippen molar-refractivity contribution in [2.75, 3.05) is 30.5 Å². The Morgan fingerprint density at radius 2 is 2.00 bits per heavy atom. The third-order valence-electron chi connectivity index (χ3n) is 3.99. The van der Waals surface area contributed by atoms with Gasteiger partial charge in [0.05, 0.1) is 30.1 Å². The average molecular weight is 428 g/mol. The first-order valence-corrected chi connectivity index (χ1v) is 9.52. The molecule has 2 bridgehead atoms. The van der Waals surface area contributed by atoms with Gasteiger partial charge in [-0.1, -0.05) is 23.4 Å². The van der Waals surface area contributed by atoms with Gasteiger partial charge in [-0.05, 0) is 31.4 Å². The van der Waals surface area contributed by atoms with Crippen molar-refractivity contribution in [3.63, 3.8) is 0 Å². The SMILES string of the molecule is N#Cc1ncc2nc1OCCCCCOc1cc(C#CCO)c(Cl)cc1NC(=O)N2. The molecule has 1 aromatic carbocycles. The Kier molecular flexibility index (Phi) is 7.28. The third-order valence-corrected chi connectivity index (χ3v) is 4.31. The van der Waals surface area contributed by atoms with E-state index in [0.29, 0.717) is 35.2 Å². The molecule has 3 rings (SSSR count). The number of benzene rings is 1. The highest BCUT2D eigenvalue weighted by atomic mass is 35.5. The van der Waals surface area contributed by atoms with Gasteiger partial charge in [0.2, 0.25) is 5.69 Å². The number of carbonyl (C=O) groups excluding carboxylic acids is 1. The van der Waals surface area contributed by atoms with E-state index in [1.54, 1.807) is 6.07 Å². The predicted octanol–water partition coefficient (Wildman–Crippen LogP) is 2.93. The van der Waals surface area contributed by atoms with E-state index in [9.17, 15) is 4.79 Å². The van der Waals surface area contributed by atoms with Crippen LogP contribution in [0.1, 0.15) is 30.5 Å². The number of nitrogens with one attached hydrogen (secondary N) is 2. The maximum Gasteiger partial charge on any atom is 0.325 e. The van der Waals surface area contributed by atoms with Crippen LogP contribution in [0.15, 0.2) is 18.3 Å². The van der Waals surface area contributed by atoms with Crippen LogP contribution in [0.2, 0.25) is 5.02 Å². The van der Waals surface area contributed by atoms with Crippen LogP contribution < -0.4 is 20.1 Å². The number of aromatic nitrogens is 2. The Hall–Kier alpha value is -3.53. The minimum absolute atomic E-state index is 0.0438. The summed E-state index contributed by atoms with van der Waals surface area (Å²) >= 11 is 6.25. The van der Waals surface area contributed by atoms with Gasteiger partial charge in [0, 0.05) is 5.56 Å². The number of halogens is 1. The van der Waals surface area contributed by atoms with Crippen LogP contribution in [0.3, 0.4) is 0 Å². The lowest BCUT2D eigenvalue weighted by atomic mass is 10.2. The summed E-state index contributed by atoms with van der Waals surface area (Å²) in [5.41, 5.74) is 0.864. The van der Waals surface area contributed by atoms with Crippen LogP contribution in [0.4, 0.5) is 16.3 Å². The van der Waals surface area contributed by atoms with Crippen LogP contribution in [0, 0.1) is 23.2 Å². The third kappa shape index (κ3) is 5.51. The van der Waals surface area contributed by atoms with E-state index in [0.717, 1.165) is 19.3 Å². The van der Waals surface area contributed by atoms with Crippen molar-refractivity contribution in [2.45, 2.75) is 19.3 Å². The van der Waals surface area contributed by atoms with Crippen molar-refractivity contribution in [3.05, 3.63) is 34.6 Å². The number of amides is 2. The first kappa shape index (κ1) is 21.2. The molecule has 1 aromatic heterocycles. The van der Waals surface area contributed by atoms with Crippen molar-refractivity contribution in [3.8, 4) is 29.5 Å². The monoisotopic (exact) mass is 427 g/mol. The fourth-order valence-corrected chi connectivity index (χ4v) is 2.82. The van der Waals surface area contributed by atoms with Crippen LogP contribution in [-0.4, -0.2) is 40.9 Å². The lowest BCUT2D eigenvalue weighted by Gasteiger charge is -2.14. The van der Waals surface area contributed by atoms with E-state index < -0.39 is 6.03 Å². The molecule has 0 aliphatic carbocycles.